The molecule has 1 aromatic carbocycles. The number of para-hydroxylation sites is 1. The van der Waals surface area contributed by atoms with E-state index in [4.69, 9.17) is 9.15 Å². The van der Waals surface area contributed by atoms with Crippen molar-refractivity contribution in [3.63, 3.8) is 0 Å². The normalized spacial score (nSPS) is 11.0. The summed E-state index contributed by atoms with van der Waals surface area (Å²) in [6.45, 7) is 6.34. The van der Waals surface area contributed by atoms with Gasteiger partial charge in [0.2, 0.25) is 5.91 Å². The minimum Gasteiger partial charge on any atom is -0.451 e. The lowest BCUT2D eigenvalue weighted by atomic mass is 10.1. The first kappa shape index (κ1) is 17.0. The largest absolute Gasteiger partial charge is 0.451 e. The monoisotopic (exact) mass is 318 g/mol. The Hall–Kier alpha value is -2.34. The van der Waals surface area contributed by atoms with Crippen LogP contribution in [-0.2, 0) is 16.1 Å². The molecule has 0 atom stereocenters. The van der Waals surface area contributed by atoms with E-state index < -0.39 is 5.91 Å². The maximum Gasteiger partial charge on any atom is 0.287 e. The van der Waals surface area contributed by atoms with Gasteiger partial charge in [0, 0.05) is 23.6 Å². The topological polar surface area (TPSA) is 80.6 Å². The molecule has 124 valence electrons. The Bertz CT molecular complexity index is 691. The summed E-state index contributed by atoms with van der Waals surface area (Å²) in [6, 6.07) is 7.43. The van der Waals surface area contributed by atoms with E-state index in [1.54, 1.807) is 6.07 Å². The van der Waals surface area contributed by atoms with Gasteiger partial charge in [0.25, 0.3) is 5.91 Å². The van der Waals surface area contributed by atoms with Crippen LogP contribution in [-0.4, -0.2) is 31.0 Å². The second-order valence-corrected chi connectivity index (χ2v) is 5.45. The standard InChI is InChI=1S/C17H22N2O4/c1-4-22-10-13-12-7-5-6-8-14(12)23-16(13)17(21)18-9-15(20)19-11(2)3/h5-8,11H,4,9-10H2,1-3H3,(H,18,21)(H,19,20). The Balaban J connectivity index is 2.17. The van der Waals surface area contributed by atoms with Crippen molar-refractivity contribution < 1.29 is 18.7 Å². The summed E-state index contributed by atoms with van der Waals surface area (Å²) in [5.41, 5.74) is 1.32. The average molecular weight is 318 g/mol. The highest BCUT2D eigenvalue weighted by atomic mass is 16.5. The number of nitrogens with one attached hydrogen (secondary N) is 2. The van der Waals surface area contributed by atoms with Crippen LogP contribution in [0, 0.1) is 0 Å². The van der Waals surface area contributed by atoms with Gasteiger partial charge in [-0.05, 0) is 26.8 Å². The zero-order valence-electron chi connectivity index (χ0n) is 13.6. The van der Waals surface area contributed by atoms with Crippen molar-refractivity contribution in [3.05, 3.63) is 35.6 Å². The molecule has 2 rings (SSSR count). The molecule has 23 heavy (non-hydrogen) atoms. The van der Waals surface area contributed by atoms with Crippen LogP contribution in [0.15, 0.2) is 28.7 Å². The second kappa shape index (κ2) is 7.78. The number of ether oxygens (including phenoxy) is 1. The fourth-order valence-electron chi connectivity index (χ4n) is 2.24. The van der Waals surface area contributed by atoms with E-state index in [1.807, 2.05) is 39.0 Å². The Morgan fingerprint density at radius 2 is 2.00 bits per heavy atom. The van der Waals surface area contributed by atoms with Gasteiger partial charge in [-0.25, -0.2) is 0 Å². The Labute approximate surface area is 135 Å². The molecule has 0 saturated heterocycles. The summed E-state index contributed by atoms with van der Waals surface area (Å²) in [5, 5.41) is 6.14. The highest BCUT2D eigenvalue weighted by Gasteiger charge is 2.20. The summed E-state index contributed by atoms with van der Waals surface area (Å²) in [4.78, 5) is 24.0. The summed E-state index contributed by atoms with van der Waals surface area (Å²) in [6.07, 6.45) is 0. The van der Waals surface area contributed by atoms with E-state index in [0.717, 1.165) is 5.39 Å². The minimum absolute atomic E-state index is 0.0270. The van der Waals surface area contributed by atoms with E-state index in [1.165, 1.54) is 0 Å². The first-order chi connectivity index (χ1) is 11.0. The van der Waals surface area contributed by atoms with Gasteiger partial charge in [0.05, 0.1) is 13.2 Å². The maximum absolute atomic E-state index is 12.3. The average Bonchev–Trinajstić information content (AvgIpc) is 2.88. The van der Waals surface area contributed by atoms with Gasteiger partial charge in [-0.2, -0.15) is 0 Å². The van der Waals surface area contributed by atoms with Crippen molar-refractivity contribution in [2.75, 3.05) is 13.2 Å². The summed E-state index contributed by atoms with van der Waals surface area (Å²) in [7, 11) is 0. The SMILES string of the molecule is CCOCc1c(C(=O)NCC(=O)NC(C)C)oc2ccccc12. The molecule has 0 aliphatic rings. The molecule has 0 aliphatic heterocycles. The molecular formula is C17H22N2O4. The molecule has 2 aromatic rings. The van der Waals surface area contributed by atoms with Gasteiger partial charge in [-0.1, -0.05) is 18.2 Å². The van der Waals surface area contributed by atoms with Gasteiger partial charge < -0.3 is 19.8 Å². The fourth-order valence-corrected chi connectivity index (χ4v) is 2.24. The zero-order chi connectivity index (χ0) is 16.8. The highest BCUT2D eigenvalue weighted by Crippen LogP contribution is 2.26. The van der Waals surface area contributed by atoms with Crippen molar-refractivity contribution in [3.8, 4) is 0 Å². The van der Waals surface area contributed by atoms with Gasteiger partial charge in [-0.15, -0.1) is 0 Å². The molecule has 6 heteroatoms. The highest BCUT2D eigenvalue weighted by molar-refractivity contribution is 6.00. The molecule has 0 fully saturated rings. The Morgan fingerprint density at radius 1 is 1.26 bits per heavy atom. The predicted molar refractivity (Wildman–Crippen MR) is 87.2 cm³/mol. The van der Waals surface area contributed by atoms with E-state index in [9.17, 15) is 9.59 Å². The predicted octanol–water partition coefficient (Wildman–Crippen LogP) is 2.22. The number of carbonyl (C=O) groups excluding carboxylic acids is 2. The molecule has 0 bridgehead atoms. The van der Waals surface area contributed by atoms with Gasteiger partial charge in [0.15, 0.2) is 5.76 Å². The minimum atomic E-state index is -0.421. The van der Waals surface area contributed by atoms with Crippen LogP contribution in [0.2, 0.25) is 0 Å². The molecule has 0 spiro atoms. The van der Waals surface area contributed by atoms with Crippen molar-refractivity contribution in [2.45, 2.75) is 33.4 Å². The number of amides is 2. The van der Waals surface area contributed by atoms with Gasteiger partial charge in [-0.3, -0.25) is 9.59 Å². The lowest BCUT2D eigenvalue weighted by Crippen LogP contribution is -2.39. The third kappa shape index (κ3) is 4.32. The summed E-state index contributed by atoms with van der Waals surface area (Å²) < 4.78 is 11.1. The summed E-state index contributed by atoms with van der Waals surface area (Å²) in [5.74, 6) is -0.470. The molecule has 6 nitrogen and oxygen atoms in total. The first-order valence-electron chi connectivity index (χ1n) is 7.68. The van der Waals surface area contributed by atoms with Crippen LogP contribution in [0.25, 0.3) is 11.0 Å². The number of rotatable bonds is 7. The molecule has 0 saturated carbocycles. The maximum atomic E-state index is 12.3. The van der Waals surface area contributed by atoms with E-state index >= 15 is 0 Å². The number of hydrogen-bond acceptors (Lipinski definition) is 4. The van der Waals surface area contributed by atoms with Crippen molar-refractivity contribution in [1.29, 1.82) is 0 Å². The van der Waals surface area contributed by atoms with Crippen LogP contribution in [0.4, 0.5) is 0 Å². The van der Waals surface area contributed by atoms with Gasteiger partial charge >= 0.3 is 0 Å². The van der Waals surface area contributed by atoms with Crippen LogP contribution in [0.5, 0.6) is 0 Å². The second-order valence-electron chi connectivity index (χ2n) is 5.45. The van der Waals surface area contributed by atoms with Crippen LogP contribution < -0.4 is 10.6 Å². The third-order valence-corrected chi connectivity index (χ3v) is 3.21. The van der Waals surface area contributed by atoms with E-state index in [2.05, 4.69) is 10.6 Å². The Morgan fingerprint density at radius 3 is 2.70 bits per heavy atom. The van der Waals surface area contributed by atoms with Crippen LogP contribution in [0.1, 0.15) is 36.9 Å². The van der Waals surface area contributed by atoms with E-state index in [0.29, 0.717) is 17.8 Å². The number of carbonyl (C=O) groups is 2. The van der Waals surface area contributed by atoms with Crippen LogP contribution in [0.3, 0.4) is 0 Å². The van der Waals surface area contributed by atoms with Gasteiger partial charge in [0.1, 0.15) is 5.58 Å². The lowest BCUT2D eigenvalue weighted by molar-refractivity contribution is -0.120. The smallest absolute Gasteiger partial charge is 0.287 e. The number of benzene rings is 1. The molecule has 2 amide bonds. The van der Waals surface area contributed by atoms with Crippen LogP contribution >= 0.6 is 0 Å². The number of fused-ring (bicyclic) bond motifs is 1. The molecule has 0 radical (unpaired) electrons. The first-order valence-corrected chi connectivity index (χ1v) is 7.68. The molecule has 1 aromatic heterocycles. The lowest BCUT2D eigenvalue weighted by Gasteiger charge is -2.09. The fraction of sp³-hybridized carbons (Fsp3) is 0.412. The van der Waals surface area contributed by atoms with Crippen molar-refractivity contribution in [2.24, 2.45) is 0 Å². The molecule has 2 N–H and O–H groups in total. The molecule has 0 unspecified atom stereocenters. The van der Waals surface area contributed by atoms with E-state index in [-0.39, 0.29) is 30.9 Å². The molecular weight excluding hydrogens is 296 g/mol. The molecule has 0 aliphatic carbocycles. The Kier molecular flexibility index (Phi) is 5.76. The quantitative estimate of drug-likeness (QED) is 0.820. The zero-order valence-corrected chi connectivity index (χ0v) is 13.6. The third-order valence-electron chi connectivity index (χ3n) is 3.21. The summed E-state index contributed by atoms with van der Waals surface area (Å²) >= 11 is 0. The number of hydrogen-bond donors (Lipinski definition) is 2. The van der Waals surface area contributed by atoms with Crippen molar-refractivity contribution in [1.82, 2.24) is 10.6 Å². The van der Waals surface area contributed by atoms with Crippen molar-refractivity contribution >= 4 is 22.8 Å². The number of furan rings is 1. The molecule has 1 heterocycles.